The normalized spacial score (nSPS) is 8.81. The quantitative estimate of drug-likeness (QED) is 0.571. The van der Waals surface area contributed by atoms with Gasteiger partial charge in [0.2, 0.25) is 0 Å². The Morgan fingerprint density at radius 1 is 0.952 bits per heavy atom. The third-order valence-electron chi connectivity index (χ3n) is 2.21. The maximum Gasteiger partial charge on any atom is 0.168 e. The van der Waals surface area contributed by atoms with Gasteiger partial charge in [0.1, 0.15) is 5.69 Å². The minimum Gasteiger partial charge on any atom is -0.296 e. The number of halogens is 2. The Bertz CT molecular complexity index is 511. The van der Waals surface area contributed by atoms with E-state index < -0.39 is 0 Å². The highest BCUT2D eigenvalue weighted by atomic mass is 79.9. The molecule has 0 N–H and O–H groups in total. The van der Waals surface area contributed by atoms with Crippen LogP contribution in [0, 0.1) is 0 Å². The fraction of sp³-hybridized carbons (Fsp3) is 0.312. The van der Waals surface area contributed by atoms with Gasteiger partial charge in [-0.15, -0.1) is 0 Å². The van der Waals surface area contributed by atoms with Crippen LogP contribution in [-0.4, -0.2) is 16.3 Å². The molecular formula is C16H22Br2N2O. The summed E-state index contributed by atoms with van der Waals surface area (Å²) in [4.78, 5) is 18.1. The number of rotatable bonds is 2. The zero-order valence-corrected chi connectivity index (χ0v) is 13.8. The van der Waals surface area contributed by atoms with E-state index in [0.717, 1.165) is 14.6 Å². The van der Waals surface area contributed by atoms with E-state index >= 15 is 0 Å². The summed E-state index contributed by atoms with van der Waals surface area (Å²) in [6.07, 6.45) is 4.13. The third kappa shape index (κ3) is 8.73. The van der Waals surface area contributed by atoms with E-state index in [9.17, 15) is 4.79 Å². The molecule has 0 saturated carbocycles. The maximum absolute atomic E-state index is 10.0. The molecule has 2 heterocycles. The summed E-state index contributed by atoms with van der Waals surface area (Å²) in [7, 11) is 0. The highest BCUT2D eigenvalue weighted by Crippen LogP contribution is 2.13. The lowest BCUT2D eigenvalue weighted by Gasteiger charge is -2.01. The van der Waals surface area contributed by atoms with Gasteiger partial charge in [-0.3, -0.25) is 14.8 Å². The SMILES string of the molecule is C.C.CC(C)c1ccc(Br)cn1.O=Cc1ccc(Br)cn1. The van der Waals surface area contributed by atoms with Crippen molar-refractivity contribution in [3.8, 4) is 0 Å². The summed E-state index contributed by atoms with van der Waals surface area (Å²) in [6.45, 7) is 4.27. The molecule has 0 spiro atoms. The number of aldehydes is 1. The van der Waals surface area contributed by atoms with E-state index in [2.05, 4.69) is 55.7 Å². The average Bonchev–Trinajstić information content (AvgIpc) is 2.41. The van der Waals surface area contributed by atoms with Gasteiger partial charge in [0.05, 0.1) is 0 Å². The second-order valence-electron chi connectivity index (χ2n) is 4.08. The van der Waals surface area contributed by atoms with Gasteiger partial charge in [0.25, 0.3) is 0 Å². The van der Waals surface area contributed by atoms with Crippen LogP contribution in [0.3, 0.4) is 0 Å². The van der Waals surface area contributed by atoms with Crippen molar-refractivity contribution in [2.24, 2.45) is 0 Å². The predicted octanol–water partition coefficient (Wildman–Crippen LogP) is 5.90. The van der Waals surface area contributed by atoms with Crippen LogP contribution >= 0.6 is 31.9 Å². The molecule has 0 aliphatic heterocycles. The lowest BCUT2D eigenvalue weighted by molar-refractivity contribution is 0.111. The van der Waals surface area contributed by atoms with E-state index in [1.165, 1.54) is 0 Å². The maximum atomic E-state index is 10.0. The second-order valence-corrected chi connectivity index (χ2v) is 5.91. The van der Waals surface area contributed by atoms with Crippen LogP contribution < -0.4 is 0 Å². The Morgan fingerprint density at radius 3 is 1.81 bits per heavy atom. The molecule has 2 aromatic heterocycles. The van der Waals surface area contributed by atoms with E-state index in [1.807, 2.05) is 18.3 Å². The standard InChI is InChI=1S/C8H10BrN.C6H4BrNO.2CH4/c1-6(2)8-4-3-7(9)5-10-8;7-5-1-2-6(4-9)8-3-5;;/h3-6H,1-2H3;1-4H;2*1H4. The van der Waals surface area contributed by atoms with Crippen LogP contribution in [0.2, 0.25) is 0 Å². The summed E-state index contributed by atoms with van der Waals surface area (Å²) in [6, 6.07) is 7.48. The summed E-state index contributed by atoms with van der Waals surface area (Å²) < 4.78 is 1.92. The molecule has 2 rings (SSSR count). The van der Waals surface area contributed by atoms with Crippen molar-refractivity contribution in [3.05, 3.63) is 57.0 Å². The van der Waals surface area contributed by atoms with E-state index in [0.29, 0.717) is 17.9 Å². The van der Waals surface area contributed by atoms with Crippen molar-refractivity contribution >= 4 is 38.1 Å². The summed E-state index contributed by atoms with van der Waals surface area (Å²) in [5.74, 6) is 0.521. The first kappa shape index (κ1) is 22.2. The van der Waals surface area contributed by atoms with Crippen molar-refractivity contribution in [2.75, 3.05) is 0 Å². The van der Waals surface area contributed by atoms with Gasteiger partial charge < -0.3 is 0 Å². The van der Waals surface area contributed by atoms with Gasteiger partial charge in [-0.2, -0.15) is 0 Å². The van der Waals surface area contributed by atoms with Gasteiger partial charge in [0, 0.05) is 27.0 Å². The Balaban J connectivity index is 0. The van der Waals surface area contributed by atoms with Crippen molar-refractivity contribution < 1.29 is 4.79 Å². The molecule has 3 nitrogen and oxygen atoms in total. The number of carbonyl (C=O) groups is 1. The fourth-order valence-corrected chi connectivity index (χ4v) is 1.65. The van der Waals surface area contributed by atoms with Crippen LogP contribution in [0.1, 0.15) is 50.8 Å². The minimum atomic E-state index is 0. The molecule has 21 heavy (non-hydrogen) atoms. The molecule has 0 radical (unpaired) electrons. The molecule has 0 atom stereocenters. The van der Waals surface area contributed by atoms with Crippen molar-refractivity contribution in [1.29, 1.82) is 0 Å². The first-order chi connectivity index (χ1) is 9.02. The smallest absolute Gasteiger partial charge is 0.168 e. The zero-order valence-electron chi connectivity index (χ0n) is 10.7. The van der Waals surface area contributed by atoms with Crippen LogP contribution in [0.15, 0.2) is 45.6 Å². The number of hydrogen-bond acceptors (Lipinski definition) is 3. The lowest BCUT2D eigenvalue weighted by atomic mass is 10.1. The molecule has 5 heteroatoms. The topological polar surface area (TPSA) is 42.9 Å². The van der Waals surface area contributed by atoms with Gasteiger partial charge in [-0.1, -0.05) is 28.7 Å². The molecule has 2 aromatic rings. The molecule has 0 saturated heterocycles. The highest BCUT2D eigenvalue weighted by molar-refractivity contribution is 9.10. The van der Waals surface area contributed by atoms with Crippen LogP contribution in [0.4, 0.5) is 0 Å². The Hall–Kier alpha value is -1.07. The number of aromatic nitrogens is 2. The second kappa shape index (κ2) is 11.6. The van der Waals surface area contributed by atoms with Gasteiger partial charge in [-0.05, 0) is 62.0 Å². The number of pyridine rings is 2. The fourth-order valence-electron chi connectivity index (χ4n) is 1.19. The predicted molar refractivity (Wildman–Crippen MR) is 96.8 cm³/mol. The zero-order chi connectivity index (χ0) is 14.3. The molecular weight excluding hydrogens is 396 g/mol. The first-order valence-corrected chi connectivity index (χ1v) is 7.29. The lowest BCUT2D eigenvalue weighted by Crippen LogP contribution is -1.89. The van der Waals surface area contributed by atoms with Crippen LogP contribution in [0.25, 0.3) is 0 Å². The summed E-state index contributed by atoms with van der Waals surface area (Å²) in [5, 5.41) is 0. The third-order valence-corrected chi connectivity index (χ3v) is 3.15. The molecule has 0 bridgehead atoms. The molecule has 0 fully saturated rings. The van der Waals surface area contributed by atoms with Crippen molar-refractivity contribution in [3.63, 3.8) is 0 Å². The molecule has 0 aliphatic carbocycles. The van der Waals surface area contributed by atoms with E-state index in [-0.39, 0.29) is 14.9 Å². The molecule has 116 valence electrons. The molecule has 0 amide bonds. The van der Waals surface area contributed by atoms with Gasteiger partial charge >= 0.3 is 0 Å². The van der Waals surface area contributed by atoms with E-state index in [1.54, 1.807) is 18.3 Å². The molecule has 0 aliphatic rings. The Morgan fingerprint density at radius 2 is 1.48 bits per heavy atom. The summed E-state index contributed by atoms with van der Waals surface area (Å²) in [5.41, 5.74) is 1.60. The molecule has 0 unspecified atom stereocenters. The number of nitrogens with zero attached hydrogens (tertiary/aromatic N) is 2. The average molecular weight is 418 g/mol. The van der Waals surface area contributed by atoms with E-state index in [4.69, 9.17) is 0 Å². The Labute approximate surface area is 144 Å². The van der Waals surface area contributed by atoms with Crippen molar-refractivity contribution in [2.45, 2.75) is 34.6 Å². The molecule has 0 aromatic carbocycles. The van der Waals surface area contributed by atoms with Gasteiger partial charge in [0.15, 0.2) is 6.29 Å². The highest BCUT2D eigenvalue weighted by Gasteiger charge is 1.97. The largest absolute Gasteiger partial charge is 0.296 e. The van der Waals surface area contributed by atoms with Crippen molar-refractivity contribution in [1.82, 2.24) is 9.97 Å². The minimum absolute atomic E-state index is 0. The van der Waals surface area contributed by atoms with Crippen LogP contribution in [0.5, 0.6) is 0 Å². The number of carbonyl (C=O) groups excluding carboxylic acids is 1. The first-order valence-electron chi connectivity index (χ1n) is 5.71. The van der Waals surface area contributed by atoms with Gasteiger partial charge in [-0.25, -0.2) is 0 Å². The van der Waals surface area contributed by atoms with Crippen LogP contribution in [-0.2, 0) is 0 Å². The monoisotopic (exact) mass is 416 g/mol. The summed E-state index contributed by atoms with van der Waals surface area (Å²) >= 11 is 6.53. The Kier molecular flexibility index (Phi) is 12.2. The number of hydrogen-bond donors (Lipinski definition) is 0.